The van der Waals surface area contributed by atoms with Crippen LogP contribution in [0.15, 0.2) is 24.3 Å². The van der Waals surface area contributed by atoms with Crippen molar-refractivity contribution in [2.75, 3.05) is 19.6 Å². The lowest BCUT2D eigenvalue weighted by Gasteiger charge is -2.39. The van der Waals surface area contributed by atoms with Crippen LogP contribution in [0.4, 0.5) is 0 Å². The van der Waals surface area contributed by atoms with Gasteiger partial charge in [0, 0.05) is 11.5 Å². The van der Waals surface area contributed by atoms with Crippen LogP contribution in [0, 0.1) is 0 Å². The summed E-state index contributed by atoms with van der Waals surface area (Å²) in [4.78, 5) is 20.9. The number of carbonyl (C=O) groups is 2. The molecule has 28 heavy (non-hydrogen) atoms. The third kappa shape index (κ3) is 4.85. The van der Waals surface area contributed by atoms with Crippen molar-refractivity contribution in [1.29, 1.82) is 0 Å². The highest BCUT2D eigenvalue weighted by Crippen LogP contribution is 2.53. The van der Waals surface area contributed by atoms with E-state index in [0.717, 1.165) is 0 Å². The predicted molar refractivity (Wildman–Crippen MR) is 106 cm³/mol. The van der Waals surface area contributed by atoms with Crippen molar-refractivity contribution in [2.24, 2.45) is 0 Å². The number of piperidine rings is 1. The molecule has 0 bridgehead atoms. The normalized spacial score (nSPS) is 26.2. The third-order valence-electron chi connectivity index (χ3n) is 6.29. The quantitative estimate of drug-likeness (QED) is 0.760. The number of likely N-dealkylation sites (tertiary alicyclic amines) is 1. The first-order valence-electron chi connectivity index (χ1n) is 10.5. The molecule has 1 saturated heterocycles. The van der Waals surface area contributed by atoms with Crippen LogP contribution in [0.3, 0.4) is 0 Å². The Morgan fingerprint density at radius 2 is 1.75 bits per heavy atom. The van der Waals surface area contributed by atoms with E-state index in [0.29, 0.717) is 5.92 Å². The largest absolute Gasteiger partial charge is 0.486 e. The predicted octanol–water partition coefficient (Wildman–Crippen LogP) is 3.90. The van der Waals surface area contributed by atoms with Gasteiger partial charge in [-0.1, -0.05) is 31.0 Å². The first kappa shape index (κ1) is 20.6. The Kier molecular flexibility index (Phi) is 6.94. The molecule has 2 unspecified atom stereocenters. The van der Waals surface area contributed by atoms with Crippen molar-refractivity contribution >= 4 is 11.9 Å². The van der Waals surface area contributed by atoms with Gasteiger partial charge in [0.15, 0.2) is 0 Å². The van der Waals surface area contributed by atoms with Gasteiger partial charge in [0.1, 0.15) is 11.4 Å². The van der Waals surface area contributed by atoms with Crippen LogP contribution in [0.5, 0.6) is 5.75 Å². The number of benzene rings is 1. The summed E-state index contributed by atoms with van der Waals surface area (Å²) in [5.74, 6) is -1.82. The molecule has 0 radical (unpaired) electrons. The van der Waals surface area contributed by atoms with Gasteiger partial charge < -0.3 is 19.8 Å². The molecule has 1 saturated carbocycles. The Morgan fingerprint density at radius 1 is 1.04 bits per heavy atom. The second-order valence-corrected chi connectivity index (χ2v) is 8.12. The minimum Gasteiger partial charge on any atom is -0.486 e. The molecule has 154 valence electrons. The molecule has 1 aromatic carbocycles. The zero-order valence-electron chi connectivity index (χ0n) is 16.4. The van der Waals surface area contributed by atoms with E-state index in [1.807, 2.05) is 0 Å². The number of nitrogens with zero attached hydrogens (tertiary/aromatic N) is 1. The average Bonchev–Trinajstić information content (AvgIpc) is 3.03. The van der Waals surface area contributed by atoms with Crippen molar-refractivity contribution in [3.05, 3.63) is 29.8 Å². The Labute approximate surface area is 166 Å². The van der Waals surface area contributed by atoms with Crippen LogP contribution < -0.4 is 4.74 Å². The fourth-order valence-corrected chi connectivity index (χ4v) is 4.99. The summed E-state index contributed by atoms with van der Waals surface area (Å²) >= 11 is 0. The molecule has 1 aromatic rings. The number of rotatable bonds is 4. The highest BCUT2D eigenvalue weighted by atomic mass is 16.5. The zero-order chi connectivity index (χ0) is 20.0. The van der Waals surface area contributed by atoms with Crippen molar-refractivity contribution in [2.45, 2.75) is 69.3 Å². The molecule has 2 N–H and O–H groups in total. The third-order valence-corrected chi connectivity index (χ3v) is 6.29. The fourth-order valence-electron chi connectivity index (χ4n) is 4.99. The topological polar surface area (TPSA) is 87.1 Å². The van der Waals surface area contributed by atoms with E-state index in [4.69, 9.17) is 24.5 Å². The van der Waals surface area contributed by atoms with Crippen LogP contribution >= 0.6 is 0 Å². The van der Waals surface area contributed by atoms with Crippen LogP contribution in [0.2, 0.25) is 0 Å². The van der Waals surface area contributed by atoms with E-state index in [9.17, 15) is 0 Å². The molecule has 2 fully saturated rings. The fraction of sp³-hybridized carbons (Fsp3) is 0.636. The summed E-state index contributed by atoms with van der Waals surface area (Å²) in [5, 5.41) is 14.8. The molecule has 4 rings (SSSR count). The number of carboxylic acids is 2. The summed E-state index contributed by atoms with van der Waals surface area (Å²) in [5.41, 5.74) is 1.61. The number of carboxylic acid groups (broad SMARTS) is 2. The average molecular weight is 389 g/mol. The van der Waals surface area contributed by atoms with E-state index >= 15 is 0 Å². The van der Waals surface area contributed by atoms with E-state index in [1.54, 1.807) is 0 Å². The molecule has 6 nitrogen and oxygen atoms in total. The molecule has 3 aliphatic rings. The van der Waals surface area contributed by atoms with Crippen LogP contribution in [-0.4, -0.2) is 52.3 Å². The first-order valence-corrected chi connectivity index (χ1v) is 10.5. The number of para-hydroxylation sites is 1. The molecule has 2 atom stereocenters. The lowest BCUT2D eigenvalue weighted by atomic mass is 9.71. The van der Waals surface area contributed by atoms with Crippen molar-refractivity contribution in [3.8, 4) is 5.75 Å². The van der Waals surface area contributed by atoms with Crippen molar-refractivity contribution in [1.82, 2.24) is 4.90 Å². The highest BCUT2D eigenvalue weighted by Gasteiger charge is 2.48. The van der Waals surface area contributed by atoms with Gasteiger partial charge in [0.2, 0.25) is 0 Å². The first-order chi connectivity index (χ1) is 13.5. The number of aliphatic carboxylic acids is 2. The molecule has 6 heteroatoms. The summed E-state index contributed by atoms with van der Waals surface area (Å²) in [7, 11) is 0. The Bertz CT molecular complexity index is 673. The van der Waals surface area contributed by atoms with Crippen molar-refractivity contribution in [3.63, 3.8) is 0 Å². The summed E-state index contributed by atoms with van der Waals surface area (Å²) in [6.45, 7) is 3.91. The molecule has 0 amide bonds. The van der Waals surface area contributed by atoms with Crippen LogP contribution in [-0.2, 0) is 9.59 Å². The van der Waals surface area contributed by atoms with E-state index in [1.165, 1.54) is 88.7 Å². The number of hydrogen-bond acceptors (Lipinski definition) is 4. The Morgan fingerprint density at radius 3 is 2.46 bits per heavy atom. The SMILES string of the molecule is O=C(O)C(=O)O.c1ccc2c(c1)OC1(CCCN3CCCCC3)CCCCC21. The van der Waals surface area contributed by atoms with Gasteiger partial charge in [0.25, 0.3) is 0 Å². The lowest BCUT2D eigenvalue weighted by Crippen LogP contribution is -2.41. The minimum atomic E-state index is -1.82. The smallest absolute Gasteiger partial charge is 0.414 e. The second kappa shape index (κ2) is 9.41. The molecule has 0 aromatic heterocycles. The van der Waals surface area contributed by atoms with Gasteiger partial charge in [-0.15, -0.1) is 0 Å². The maximum Gasteiger partial charge on any atom is 0.414 e. The lowest BCUT2D eigenvalue weighted by molar-refractivity contribution is -0.159. The van der Waals surface area contributed by atoms with Gasteiger partial charge in [0.05, 0.1) is 0 Å². The molecule has 2 aliphatic heterocycles. The molecule has 0 spiro atoms. The standard InChI is InChI=1S/C20H29NO.C2H2O4/c1-6-14-21(15-7-1)16-8-13-20-12-5-4-10-18(20)17-9-2-3-11-19(17)22-20;3-1(4)2(5)6/h2-3,9,11,18H,1,4-8,10,12-16H2;(H,3,4)(H,5,6). The number of fused-ring (bicyclic) bond motifs is 3. The molecule has 2 heterocycles. The highest BCUT2D eigenvalue weighted by molar-refractivity contribution is 6.27. The van der Waals surface area contributed by atoms with Gasteiger partial charge in [-0.2, -0.15) is 0 Å². The monoisotopic (exact) mass is 389 g/mol. The molecular formula is C22H31NO5. The summed E-state index contributed by atoms with van der Waals surface area (Å²) < 4.78 is 6.57. The van der Waals surface area contributed by atoms with Gasteiger partial charge >= 0.3 is 11.9 Å². The zero-order valence-corrected chi connectivity index (χ0v) is 16.4. The van der Waals surface area contributed by atoms with E-state index < -0.39 is 11.9 Å². The van der Waals surface area contributed by atoms with Gasteiger partial charge in [-0.05, 0) is 70.6 Å². The van der Waals surface area contributed by atoms with E-state index in [-0.39, 0.29) is 5.60 Å². The second-order valence-electron chi connectivity index (χ2n) is 8.12. The Hall–Kier alpha value is -2.08. The summed E-state index contributed by atoms with van der Waals surface area (Å²) in [6.07, 6.45) is 12.1. The van der Waals surface area contributed by atoms with Crippen LogP contribution in [0.25, 0.3) is 0 Å². The van der Waals surface area contributed by atoms with Crippen LogP contribution in [0.1, 0.15) is 69.3 Å². The molecule has 1 aliphatic carbocycles. The van der Waals surface area contributed by atoms with E-state index in [2.05, 4.69) is 29.2 Å². The maximum atomic E-state index is 9.10. The summed E-state index contributed by atoms with van der Waals surface area (Å²) in [6, 6.07) is 8.79. The number of hydrogen-bond donors (Lipinski definition) is 2. The van der Waals surface area contributed by atoms with Gasteiger partial charge in [-0.25, -0.2) is 9.59 Å². The minimum absolute atomic E-state index is 0.123. The maximum absolute atomic E-state index is 9.10. The van der Waals surface area contributed by atoms with Crippen molar-refractivity contribution < 1.29 is 24.5 Å². The van der Waals surface area contributed by atoms with Gasteiger partial charge in [-0.3, -0.25) is 0 Å². The number of ether oxygens (including phenoxy) is 1. The Balaban J connectivity index is 0.000000330. The molecular weight excluding hydrogens is 358 g/mol.